The number of ether oxygens (including phenoxy) is 2. The lowest BCUT2D eigenvalue weighted by Gasteiger charge is -2.07. The Balaban J connectivity index is 1.27. The van der Waals surface area contributed by atoms with E-state index in [4.69, 9.17) is 14.6 Å². The maximum absolute atomic E-state index is 10.9. The van der Waals surface area contributed by atoms with Crippen LogP contribution in [0.25, 0.3) is 0 Å². The number of aromatic carboxylic acids is 1. The van der Waals surface area contributed by atoms with Gasteiger partial charge in [0, 0.05) is 0 Å². The number of rotatable bonds is 15. The summed E-state index contributed by atoms with van der Waals surface area (Å²) < 4.78 is 11.5. The van der Waals surface area contributed by atoms with E-state index >= 15 is 0 Å². The van der Waals surface area contributed by atoms with Gasteiger partial charge in [-0.15, -0.1) is 0 Å². The minimum atomic E-state index is -0.931. The first kappa shape index (κ1) is 25.9. The van der Waals surface area contributed by atoms with Crippen LogP contribution in [0, 0.1) is 0 Å². The lowest BCUT2D eigenvalue weighted by Crippen LogP contribution is -2.00. The average Bonchev–Trinajstić information content (AvgIpc) is 2.89. The van der Waals surface area contributed by atoms with Crippen LogP contribution in [0.2, 0.25) is 0 Å². The van der Waals surface area contributed by atoms with E-state index in [1.54, 1.807) is 24.3 Å². The van der Waals surface area contributed by atoms with E-state index in [0.29, 0.717) is 19.0 Å². The second kappa shape index (κ2) is 14.6. The molecule has 1 N–H and O–H groups in total. The molecule has 0 aromatic heterocycles. The Morgan fingerprint density at radius 1 is 0.686 bits per heavy atom. The molecule has 0 saturated carbocycles. The first-order valence-electron chi connectivity index (χ1n) is 12.3. The SMILES string of the molecule is CCCCc1ccc(N=Nc2ccc(OCCCCCCOc3ccc(C(=O)O)cc3)cc2)cc1. The van der Waals surface area contributed by atoms with Crippen molar-refractivity contribution in [3.63, 3.8) is 0 Å². The van der Waals surface area contributed by atoms with Crippen molar-refractivity contribution in [2.75, 3.05) is 13.2 Å². The molecule has 0 spiro atoms. The van der Waals surface area contributed by atoms with Crippen molar-refractivity contribution in [3.05, 3.63) is 83.9 Å². The average molecular weight is 475 g/mol. The zero-order chi connectivity index (χ0) is 24.7. The van der Waals surface area contributed by atoms with Gasteiger partial charge < -0.3 is 14.6 Å². The van der Waals surface area contributed by atoms with E-state index in [2.05, 4.69) is 29.3 Å². The van der Waals surface area contributed by atoms with E-state index in [0.717, 1.165) is 49.2 Å². The Labute approximate surface area is 207 Å². The highest BCUT2D eigenvalue weighted by Crippen LogP contribution is 2.22. The topological polar surface area (TPSA) is 80.5 Å². The molecule has 3 rings (SSSR count). The van der Waals surface area contributed by atoms with Gasteiger partial charge in [-0.1, -0.05) is 25.5 Å². The number of unbranched alkanes of at least 4 members (excludes halogenated alkanes) is 4. The van der Waals surface area contributed by atoms with Gasteiger partial charge in [0.25, 0.3) is 0 Å². The maximum Gasteiger partial charge on any atom is 0.335 e. The predicted molar refractivity (Wildman–Crippen MR) is 139 cm³/mol. The fraction of sp³-hybridized carbons (Fsp3) is 0.345. The van der Waals surface area contributed by atoms with E-state index in [1.165, 1.54) is 18.4 Å². The van der Waals surface area contributed by atoms with Gasteiger partial charge in [-0.25, -0.2) is 4.79 Å². The molecule has 3 aromatic rings. The molecule has 6 heteroatoms. The largest absolute Gasteiger partial charge is 0.494 e. The maximum atomic E-state index is 10.9. The number of carbonyl (C=O) groups is 1. The molecule has 0 saturated heterocycles. The van der Waals surface area contributed by atoms with Crippen molar-refractivity contribution >= 4 is 17.3 Å². The second-order valence-electron chi connectivity index (χ2n) is 8.40. The minimum absolute atomic E-state index is 0.264. The van der Waals surface area contributed by atoms with Crippen LogP contribution in [0.15, 0.2) is 83.0 Å². The number of hydrogen-bond donors (Lipinski definition) is 1. The summed E-state index contributed by atoms with van der Waals surface area (Å²) in [7, 11) is 0. The van der Waals surface area contributed by atoms with E-state index < -0.39 is 5.97 Å². The Morgan fingerprint density at radius 3 is 1.66 bits per heavy atom. The number of benzene rings is 3. The van der Waals surface area contributed by atoms with Crippen molar-refractivity contribution < 1.29 is 19.4 Å². The van der Waals surface area contributed by atoms with Gasteiger partial charge in [-0.2, -0.15) is 10.2 Å². The van der Waals surface area contributed by atoms with Crippen molar-refractivity contribution in [2.45, 2.75) is 51.9 Å². The lowest BCUT2D eigenvalue weighted by atomic mass is 10.1. The van der Waals surface area contributed by atoms with Gasteiger partial charge >= 0.3 is 5.97 Å². The van der Waals surface area contributed by atoms with Crippen LogP contribution < -0.4 is 9.47 Å². The first-order valence-corrected chi connectivity index (χ1v) is 12.3. The lowest BCUT2D eigenvalue weighted by molar-refractivity contribution is 0.0697. The van der Waals surface area contributed by atoms with E-state index in [9.17, 15) is 4.79 Å². The smallest absolute Gasteiger partial charge is 0.335 e. The number of carboxylic acids is 1. The summed E-state index contributed by atoms with van der Waals surface area (Å²) in [4.78, 5) is 10.9. The third-order valence-electron chi connectivity index (χ3n) is 5.55. The molecule has 0 unspecified atom stereocenters. The molecule has 0 radical (unpaired) electrons. The molecule has 6 nitrogen and oxygen atoms in total. The number of aryl methyl sites for hydroxylation is 1. The molecule has 0 aliphatic heterocycles. The molecule has 0 fully saturated rings. The molecule has 184 valence electrons. The summed E-state index contributed by atoms with van der Waals surface area (Å²) in [5, 5.41) is 17.5. The number of nitrogens with zero attached hydrogens (tertiary/aromatic N) is 2. The molecule has 0 heterocycles. The van der Waals surface area contributed by atoms with Crippen molar-refractivity contribution in [1.29, 1.82) is 0 Å². The number of azo groups is 1. The summed E-state index contributed by atoms with van der Waals surface area (Å²) in [5.41, 5.74) is 3.25. The van der Waals surface area contributed by atoms with Gasteiger partial charge in [-0.3, -0.25) is 0 Å². The van der Waals surface area contributed by atoms with E-state index in [-0.39, 0.29) is 5.56 Å². The van der Waals surface area contributed by atoms with Crippen molar-refractivity contribution in [2.24, 2.45) is 10.2 Å². The van der Waals surface area contributed by atoms with Crippen LogP contribution in [0.4, 0.5) is 11.4 Å². The fourth-order valence-corrected chi connectivity index (χ4v) is 3.47. The Hall–Kier alpha value is -3.67. The minimum Gasteiger partial charge on any atom is -0.494 e. The quantitative estimate of drug-likeness (QED) is 0.178. The van der Waals surface area contributed by atoms with Crippen LogP contribution in [0.5, 0.6) is 11.5 Å². The normalized spacial score (nSPS) is 11.0. The highest BCUT2D eigenvalue weighted by atomic mass is 16.5. The number of hydrogen-bond acceptors (Lipinski definition) is 5. The highest BCUT2D eigenvalue weighted by Gasteiger charge is 2.02. The molecule has 35 heavy (non-hydrogen) atoms. The fourth-order valence-electron chi connectivity index (χ4n) is 3.47. The molecule has 0 atom stereocenters. The molecule has 0 aliphatic rings. The Bertz CT molecular complexity index is 1050. The van der Waals surface area contributed by atoms with Gasteiger partial charge in [0.15, 0.2) is 0 Å². The van der Waals surface area contributed by atoms with Crippen LogP contribution in [0.1, 0.15) is 61.4 Å². The van der Waals surface area contributed by atoms with Crippen LogP contribution in [-0.2, 0) is 6.42 Å². The predicted octanol–water partition coefficient (Wildman–Crippen LogP) is 8.16. The second-order valence-corrected chi connectivity index (χ2v) is 8.40. The van der Waals surface area contributed by atoms with Gasteiger partial charge in [0.05, 0.1) is 30.2 Å². The molecular formula is C29H34N2O4. The highest BCUT2D eigenvalue weighted by molar-refractivity contribution is 5.87. The van der Waals surface area contributed by atoms with Crippen LogP contribution in [0.3, 0.4) is 0 Å². The standard InChI is InChI=1S/C29H34N2O4/c1-2-3-8-23-9-13-25(14-10-23)30-31-26-15-19-28(20-16-26)35-22-7-5-4-6-21-34-27-17-11-24(12-18-27)29(32)33/h9-20H,2-8,21-22H2,1H3,(H,32,33). The van der Waals surface area contributed by atoms with Gasteiger partial charge in [0.2, 0.25) is 0 Å². The number of carboxylic acid groups (broad SMARTS) is 1. The van der Waals surface area contributed by atoms with E-state index in [1.807, 2.05) is 36.4 Å². The molecule has 3 aromatic carbocycles. The Kier molecular flexibility index (Phi) is 10.8. The third-order valence-corrected chi connectivity index (χ3v) is 5.55. The Morgan fingerprint density at radius 2 is 1.17 bits per heavy atom. The summed E-state index contributed by atoms with van der Waals surface area (Å²) >= 11 is 0. The first-order chi connectivity index (χ1) is 17.1. The summed E-state index contributed by atoms with van der Waals surface area (Å²) in [5.74, 6) is 0.596. The van der Waals surface area contributed by atoms with Gasteiger partial charge in [0.1, 0.15) is 11.5 Å². The van der Waals surface area contributed by atoms with Crippen molar-refractivity contribution in [3.8, 4) is 11.5 Å². The molecule has 0 aliphatic carbocycles. The van der Waals surface area contributed by atoms with Gasteiger partial charge in [-0.05, 0) is 105 Å². The molecule has 0 amide bonds. The van der Waals surface area contributed by atoms with Crippen molar-refractivity contribution in [1.82, 2.24) is 0 Å². The third kappa shape index (κ3) is 9.61. The summed E-state index contributed by atoms with van der Waals surface area (Å²) in [6.45, 7) is 3.49. The monoisotopic (exact) mass is 474 g/mol. The molecular weight excluding hydrogens is 440 g/mol. The zero-order valence-corrected chi connectivity index (χ0v) is 20.4. The summed E-state index contributed by atoms with van der Waals surface area (Å²) in [6, 6.07) is 22.4. The van der Waals surface area contributed by atoms with Crippen LogP contribution >= 0.6 is 0 Å². The molecule has 0 bridgehead atoms. The zero-order valence-electron chi connectivity index (χ0n) is 20.4. The summed E-state index contributed by atoms with van der Waals surface area (Å²) in [6.07, 6.45) is 7.55. The van der Waals surface area contributed by atoms with Crippen LogP contribution in [-0.4, -0.2) is 24.3 Å².